The summed E-state index contributed by atoms with van der Waals surface area (Å²) >= 11 is 0. The second-order valence-corrected chi connectivity index (χ2v) is 7.60. The minimum Gasteiger partial charge on any atom is -0.447 e. The highest BCUT2D eigenvalue weighted by Gasteiger charge is 2.26. The van der Waals surface area contributed by atoms with Gasteiger partial charge in [0.2, 0.25) is 11.8 Å². The molecule has 164 valence electrons. The molecule has 5 rings (SSSR count). The van der Waals surface area contributed by atoms with Gasteiger partial charge < -0.3 is 14.5 Å². The van der Waals surface area contributed by atoms with Crippen LogP contribution in [0.4, 0.5) is 16.2 Å². The van der Waals surface area contributed by atoms with Gasteiger partial charge in [-0.3, -0.25) is 9.69 Å². The molecule has 3 aromatic carbocycles. The zero-order valence-corrected chi connectivity index (χ0v) is 17.8. The second-order valence-electron chi connectivity index (χ2n) is 7.60. The Kier molecular flexibility index (Phi) is 5.32. The average Bonchev–Trinajstić information content (AvgIpc) is 3.49. The number of hydrogen-bond acceptors (Lipinski definition) is 6. The van der Waals surface area contributed by atoms with Crippen molar-refractivity contribution in [3.63, 3.8) is 0 Å². The van der Waals surface area contributed by atoms with Crippen molar-refractivity contribution in [3.8, 4) is 22.9 Å². The molecule has 0 bridgehead atoms. The SMILES string of the molecule is Cc1cccc(-c2nnc(-c3ccc(C(=O)Nc4ccccc4N4CCOC4=O)cc3)o2)c1. The van der Waals surface area contributed by atoms with Crippen molar-refractivity contribution in [2.45, 2.75) is 6.92 Å². The molecule has 1 N–H and O–H groups in total. The topological polar surface area (TPSA) is 97.6 Å². The first-order valence-corrected chi connectivity index (χ1v) is 10.4. The lowest BCUT2D eigenvalue weighted by Crippen LogP contribution is -2.25. The predicted octanol–water partition coefficient (Wildman–Crippen LogP) is 4.92. The predicted molar refractivity (Wildman–Crippen MR) is 123 cm³/mol. The van der Waals surface area contributed by atoms with E-state index in [1.807, 2.05) is 31.2 Å². The molecule has 33 heavy (non-hydrogen) atoms. The minimum atomic E-state index is -0.425. The maximum Gasteiger partial charge on any atom is 0.414 e. The van der Waals surface area contributed by atoms with Crippen LogP contribution in [0, 0.1) is 6.92 Å². The number of rotatable bonds is 5. The van der Waals surface area contributed by atoms with Gasteiger partial charge in [0.1, 0.15) is 6.61 Å². The largest absolute Gasteiger partial charge is 0.447 e. The van der Waals surface area contributed by atoms with Gasteiger partial charge in [0.15, 0.2) is 0 Å². The van der Waals surface area contributed by atoms with E-state index in [-0.39, 0.29) is 5.91 Å². The minimum absolute atomic E-state index is 0.299. The van der Waals surface area contributed by atoms with Crippen molar-refractivity contribution in [1.82, 2.24) is 10.2 Å². The van der Waals surface area contributed by atoms with E-state index in [2.05, 4.69) is 15.5 Å². The zero-order chi connectivity index (χ0) is 22.8. The summed E-state index contributed by atoms with van der Waals surface area (Å²) in [6, 6.07) is 21.8. The Balaban J connectivity index is 1.33. The summed E-state index contributed by atoms with van der Waals surface area (Å²) in [5.74, 6) is 0.511. The number of hydrogen-bond donors (Lipinski definition) is 1. The fourth-order valence-electron chi connectivity index (χ4n) is 3.62. The van der Waals surface area contributed by atoms with Gasteiger partial charge in [-0.25, -0.2) is 4.79 Å². The molecule has 1 aliphatic rings. The van der Waals surface area contributed by atoms with Crippen LogP contribution in [0.25, 0.3) is 22.9 Å². The first kappa shape index (κ1) is 20.4. The van der Waals surface area contributed by atoms with Gasteiger partial charge in [-0.15, -0.1) is 10.2 Å². The number of aryl methyl sites for hydroxylation is 1. The van der Waals surface area contributed by atoms with Gasteiger partial charge in [-0.2, -0.15) is 0 Å². The summed E-state index contributed by atoms with van der Waals surface area (Å²) in [5, 5.41) is 11.1. The molecule has 0 radical (unpaired) electrons. The van der Waals surface area contributed by atoms with Gasteiger partial charge in [-0.05, 0) is 55.5 Å². The van der Waals surface area contributed by atoms with E-state index < -0.39 is 6.09 Å². The number of aromatic nitrogens is 2. The molecule has 0 spiro atoms. The van der Waals surface area contributed by atoms with Crippen molar-refractivity contribution in [3.05, 3.63) is 83.9 Å². The number of carbonyl (C=O) groups excluding carboxylic acids is 2. The number of para-hydroxylation sites is 2. The molecule has 8 nitrogen and oxygen atoms in total. The fraction of sp³-hybridized carbons (Fsp3) is 0.120. The van der Waals surface area contributed by atoms with E-state index in [1.165, 1.54) is 4.90 Å². The first-order valence-electron chi connectivity index (χ1n) is 10.4. The third kappa shape index (κ3) is 4.18. The van der Waals surface area contributed by atoms with E-state index in [1.54, 1.807) is 48.5 Å². The molecule has 2 amide bonds. The van der Waals surface area contributed by atoms with Gasteiger partial charge >= 0.3 is 6.09 Å². The molecule has 0 atom stereocenters. The highest BCUT2D eigenvalue weighted by atomic mass is 16.6. The molecule has 4 aromatic rings. The van der Waals surface area contributed by atoms with Gasteiger partial charge in [0.05, 0.1) is 17.9 Å². The molecule has 1 fully saturated rings. The van der Waals surface area contributed by atoms with Crippen LogP contribution in [0.2, 0.25) is 0 Å². The van der Waals surface area contributed by atoms with E-state index in [0.29, 0.717) is 47.4 Å². The lowest BCUT2D eigenvalue weighted by atomic mass is 10.1. The second kappa shape index (κ2) is 8.58. The third-order valence-corrected chi connectivity index (χ3v) is 5.29. The van der Waals surface area contributed by atoms with Crippen molar-refractivity contribution in [2.75, 3.05) is 23.4 Å². The van der Waals surface area contributed by atoms with Crippen LogP contribution in [0.5, 0.6) is 0 Å². The van der Waals surface area contributed by atoms with Crippen LogP contribution in [0.1, 0.15) is 15.9 Å². The zero-order valence-electron chi connectivity index (χ0n) is 17.8. The molecule has 1 aliphatic heterocycles. The first-order chi connectivity index (χ1) is 16.1. The van der Waals surface area contributed by atoms with E-state index in [4.69, 9.17) is 9.15 Å². The highest BCUT2D eigenvalue weighted by molar-refractivity contribution is 6.07. The number of anilines is 2. The number of nitrogens with one attached hydrogen (secondary N) is 1. The summed E-state index contributed by atoms with van der Waals surface area (Å²) in [7, 11) is 0. The lowest BCUT2D eigenvalue weighted by molar-refractivity contribution is 0.102. The number of amides is 2. The van der Waals surface area contributed by atoms with Crippen LogP contribution in [-0.4, -0.2) is 35.3 Å². The van der Waals surface area contributed by atoms with Crippen LogP contribution in [-0.2, 0) is 4.74 Å². The third-order valence-electron chi connectivity index (χ3n) is 5.29. The summed E-state index contributed by atoms with van der Waals surface area (Å²) in [6.07, 6.45) is -0.425. The van der Waals surface area contributed by atoms with Gasteiger partial charge in [0.25, 0.3) is 5.91 Å². The molecular weight excluding hydrogens is 420 g/mol. The Bertz CT molecular complexity index is 1330. The number of benzene rings is 3. The molecule has 0 unspecified atom stereocenters. The van der Waals surface area contributed by atoms with Gasteiger partial charge in [-0.1, -0.05) is 29.8 Å². The summed E-state index contributed by atoms with van der Waals surface area (Å²) in [6.45, 7) is 2.76. The smallest absolute Gasteiger partial charge is 0.414 e. The van der Waals surface area contributed by atoms with E-state index in [9.17, 15) is 9.59 Å². The summed E-state index contributed by atoms with van der Waals surface area (Å²) in [4.78, 5) is 26.3. The van der Waals surface area contributed by atoms with Gasteiger partial charge in [0, 0.05) is 16.7 Å². The Morgan fingerprint density at radius 3 is 2.42 bits per heavy atom. The Morgan fingerprint density at radius 1 is 0.939 bits per heavy atom. The maximum atomic E-state index is 12.8. The molecule has 1 saturated heterocycles. The van der Waals surface area contributed by atoms with Crippen LogP contribution in [0.3, 0.4) is 0 Å². The van der Waals surface area contributed by atoms with Crippen LogP contribution >= 0.6 is 0 Å². The van der Waals surface area contributed by atoms with Crippen molar-refractivity contribution in [1.29, 1.82) is 0 Å². The molecule has 8 heteroatoms. The number of cyclic esters (lactones) is 1. The molecule has 1 aromatic heterocycles. The molecular formula is C25H20N4O4. The summed E-state index contributed by atoms with van der Waals surface area (Å²) in [5.41, 5.74) is 4.25. The average molecular weight is 440 g/mol. The normalized spacial score (nSPS) is 13.1. The van der Waals surface area contributed by atoms with Crippen LogP contribution in [0.15, 0.2) is 77.2 Å². The van der Waals surface area contributed by atoms with E-state index >= 15 is 0 Å². The fourth-order valence-corrected chi connectivity index (χ4v) is 3.62. The number of ether oxygens (including phenoxy) is 1. The van der Waals surface area contributed by atoms with Crippen molar-refractivity contribution >= 4 is 23.4 Å². The number of carbonyl (C=O) groups is 2. The Morgan fingerprint density at radius 2 is 1.70 bits per heavy atom. The summed E-state index contributed by atoms with van der Waals surface area (Å²) < 4.78 is 10.8. The Labute approximate surface area is 189 Å². The molecule has 2 heterocycles. The molecule has 0 aliphatic carbocycles. The number of nitrogens with zero attached hydrogens (tertiary/aromatic N) is 3. The van der Waals surface area contributed by atoms with E-state index in [0.717, 1.165) is 11.1 Å². The lowest BCUT2D eigenvalue weighted by Gasteiger charge is -2.17. The van der Waals surface area contributed by atoms with Crippen LogP contribution < -0.4 is 10.2 Å². The van der Waals surface area contributed by atoms with Crippen molar-refractivity contribution < 1.29 is 18.7 Å². The Hall–Kier alpha value is -4.46. The highest BCUT2D eigenvalue weighted by Crippen LogP contribution is 2.29. The van der Waals surface area contributed by atoms with Crippen molar-refractivity contribution in [2.24, 2.45) is 0 Å². The quantitative estimate of drug-likeness (QED) is 0.473. The standard InChI is InChI=1S/C25H20N4O4/c1-16-5-4-6-19(15-16)24-28-27-23(33-24)18-11-9-17(10-12-18)22(30)26-20-7-2-3-8-21(20)29-13-14-32-25(29)31/h2-12,15H,13-14H2,1H3,(H,26,30). The maximum absolute atomic E-state index is 12.8. The monoisotopic (exact) mass is 440 g/mol. The molecule has 0 saturated carbocycles.